The molecule has 1 fully saturated rings. The molecule has 152 valence electrons. The molecular formula is C20H25ClN2O3S2. The van der Waals surface area contributed by atoms with Gasteiger partial charge in [-0.2, -0.15) is 4.31 Å². The number of halogens is 1. The highest BCUT2D eigenvalue weighted by molar-refractivity contribution is 7.91. The first kappa shape index (κ1) is 21.3. The summed E-state index contributed by atoms with van der Waals surface area (Å²) in [7, 11) is -3.50. The third-order valence-corrected chi connectivity index (χ3v) is 9.01. The van der Waals surface area contributed by atoms with Crippen LogP contribution in [0.1, 0.15) is 30.9 Å². The van der Waals surface area contributed by atoms with Crippen molar-refractivity contribution in [1.29, 1.82) is 0 Å². The predicted molar refractivity (Wildman–Crippen MR) is 115 cm³/mol. The Kier molecular flexibility index (Phi) is 6.49. The molecule has 0 saturated carbocycles. The van der Waals surface area contributed by atoms with Gasteiger partial charge in [0.2, 0.25) is 5.91 Å². The molecule has 0 spiro atoms. The van der Waals surface area contributed by atoms with Crippen LogP contribution in [0.15, 0.2) is 34.5 Å². The van der Waals surface area contributed by atoms with Crippen molar-refractivity contribution < 1.29 is 13.2 Å². The topological polar surface area (TPSA) is 66.5 Å². The molecule has 5 nitrogen and oxygen atoms in total. The molecule has 1 atom stereocenters. The van der Waals surface area contributed by atoms with E-state index in [-0.39, 0.29) is 22.0 Å². The van der Waals surface area contributed by atoms with Gasteiger partial charge in [-0.3, -0.25) is 4.79 Å². The van der Waals surface area contributed by atoms with Crippen molar-refractivity contribution in [2.75, 3.05) is 18.4 Å². The average molecular weight is 441 g/mol. The smallest absolute Gasteiger partial charge is 0.252 e. The highest BCUT2D eigenvalue weighted by atomic mass is 35.5. The molecule has 0 radical (unpaired) electrons. The van der Waals surface area contributed by atoms with Crippen LogP contribution in [0, 0.1) is 25.7 Å². The first-order valence-electron chi connectivity index (χ1n) is 9.32. The Morgan fingerprint density at radius 3 is 2.50 bits per heavy atom. The predicted octanol–water partition coefficient (Wildman–Crippen LogP) is 4.69. The highest BCUT2D eigenvalue weighted by Gasteiger charge is 2.34. The molecule has 1 aliphatic heterocycles. The lowest BCUT2D eigenvalue weighted by Gasteiger charge is -2.33. The number of rotatable bonds is 5. The molecule has 1 saturated heterocycles. The lowest BCUT2D eigenvalue weighted by molar-refractivity contribution is -0.121. The Bertz CT molecular complexity index is 964. The first-order valence-corrected chi connectivity index (χ1v) is 12.0. The van der Waals surface area contributed by atoms with E-state index in [2.05, 4.69) is 5.32 Å². The van der Waals surface area contributed by atoms with Gasteiger partial charge >= 0.3 is 0 Å². The van der Waals surface area contributed by atoms with Gasteiger partial charge in [-0.25, -0.2) is 8.42 Å². The van der Waals surface area contributed by atoms with Crippen LogP contribution in [0.4, 0.5) is 5.69 Å². The van der Waals surface area contributed by atoms with Gasteiger partial charge in [-0.05, 0) is 61.9 Å². The van der Waals surface area contributed by atoms with Crippen LogP contribution in [-0.2, 0) is 14.8 Å². The van der Waals surface area contributed by atoms with Crippen molar-refractivity contribution in [3.05, 3.63) is 45.8 Å². The molecule has 3 rings (SSSR count). The van der Waals surface area contributed by atoms with Crippen LogP contribution in [-0.4, -0.2) is 31.7 Å². The van der Waals surface area contributed by atoms with E-state index in [9.17, 15) is 13.2 Å². The summed E-state index contributed by atoms with van der Waals surface area (Å²) < 4.78 is 27.7. The number of aryl methyl sites for hydroxylation is 2. The summed E-state index contributed by atoms with van der Waals surface area (Å²) in [4.78, 5) is 12.7. The fourth-order valence-corrected chi connectivity index (χ4v) is 6.62. The number of amides is 1. The average Bonchev–Trinajstić information content (AvgIpc) is 3.11. The lowest BCUT2D eigenvalue weighted by atomic mass is 9.85. The van der Waals surface area contributed by atoms with Crippen LogP contribution in [0.2, 0.25) is 4.34 Å². The van der Waals surface area contributed by atoms with E-state index >= 15 is 0 Å². The third kappa shape index (κ3) is 4.59. The summed E-state index contributed by atoms with van der Waals surface area (Å²) >= 11 is 6.96. The number of hydrogen-bond donors (Lipinski definition) is 1. The zero-order chi connectivity index (χ0) is 20.5. The Labute approximate surface area is 175 Å². The fraction of sp³-hybridized carbons (Fsp3) is 0.450. The number of anilines is 1. The van der Waals surface area contributed by atoms with Gasteiger partial charge in [0.15, 0.2) is 0 Å². The van der Waals surface area contributed by atoms with Gasteiger partial charge in [0, 0.05) is 24.7 Å². The summed E-state index contributed by atoms with van der Waals surface area (Å²) in [6.45, 7) is 6.73. The molecule has 2 heterocycles. The number of carbonyl (C=O) groups excluding carboxylic acids is 1. The summed E-state index contributed by atoms with van der Waals surface area (Å²) in [5, 5.41) is 3.03. The maximum atomic E-state index is 12.7. The van der Waals surface area contributed by atoms with Crippen LogP contribution in [0.3, 0.4) is 0 Å². The second-order valence-corrected chi connectivity index (χ2v) is 11.3. The zero-order valence-corrected chi connectivity index (χ0v) is 18.6. The second-order valence-electron chi connectivity index (χ2n) is 7.40. The molecule has 1 aliphatic rings. The van der Waals surface area contributed by atoms with E-state index in [1.165, 1.54) is 4.31 Å². The third-order valence-electron chi connectivity index (χ3n) is 5.41. The molecule has 0 unspecified atom stereocenters. The molecule has 2 aromatic rings. The van der Waals surface area contributed by atoms with Crippen LogP contribution < -0.4 is 5.32 Å². The van der Waals surface area contributed by atoms with Gasteiger partial charge in [0.25, 0.3) is 10.0 Å². The van der Waals surface area contributed by atoms with E-state index < -0.39 is 10.0 Å². The normalized spacial score (nSPS) is 17.4. The molecule has 1 N–H and O–H groups in total. The zero-order valence-electron chi connectivity index (χ0n) is 16.2. The van der Waals surface area contributed by atoms with E-state index in [1.807, 2.05) is 39.0 Å². The summed E-state index contributed by atoms with van der Waals surface area (Å²) in [5.41, 5.74) is 2.97. The number of nitrogens with one attached hydrogen (secondary N) is 1. The molecule has 0 bridgehead atoms. The number of nitrogens with zero attached hydrogens (tertiary/aromatic N) is 1. The number of thiophene rings is 1. The Hall–Kier alpha value is -1.41. The standard InChI is InChI=1S/C20H25ClN2O3S2/c1-13-4-5-14(2)17(12-13)22-20(24)15(3)16-8-10-23(11-9-16)28(25,26)19-7-6-18(21)27-19/h4-7,12,15-16H,8-11H2,1-3H3,(H,22,24)/t15-/m1/s1. The van der Waals surface area contributed by atoms with Crippen molar-refractivity contribution in [1.82, 2.24) is 4.31 Å². The number of hydrogen-bond acceptors (Lipinski definition) is 4. The summed E-state index contributed by atoms with van der Waals surface area (Å²) in [5.74, 6) is -0.0375. The Morgan fingerprint density at radius 1 is 1.21 bits per heavy atom. The fourth-order valence-electron chi connectivity index (χ4n) is 3.51. The van der Waals surface area contributed by atoms with Crippen LogP contribution in [0.25, 0.3) is 0 Å². The quantitative estimate of drug-likeness (QED) is 0.733. The minimum atomic E-state index is -3.50. The summed E-state index contributed by atoms with van der Waals surface area (Å²) in [6, 6.07) is 9.14. The van der Waals surface area contributed by atoms with Crippen molar-refractivity contribution in [2.24, 2.45) is 11.8 Å². The number of sulfonamides is 1. The maximum Gasteiger partial charge on any atom is 0.252 e. The Balaban J connectivity index is 1.61. The van der Waals surface area contributed by atoms with E-state index in [0.717, 1.165) is 28.2 Å². The van der Waals surface area contributed by atoms with Gasteiger partial charge in [-0.15, -0.1) is 11.3 Å². The van der Waals surface area contributed by atoms with Crippen LogP contribution in [0.5, 0.6) is 0 Å². The van der Waals surface area contributed by atoms with Crippen molar-refractivity contribution in [3.8, 4) is 0 Å². The minimum Gasteiger partial charge on any atom is -0.326 e. The number of benzene rings is 1. The molecule has 28 heavy (non-hydrogen) atoms. The molecular weight excluding hydrogens is 416 g/mol. The monoisotopic (exact) mass is 440 g/mol. The van der Waals surface area contributed by atoms with Crippen molar-refractivity contribution >= 4 is 44.6 Å². The molecule has 1 aromatic carbocycles. The van der Waals surface area contributed by atoms with E-state index in [1.54, 1.807) is 12.1 Å². The maximum absolute atomic E-state index is 12.7. The number of piperidine rings is 1. The molecule has 1 aromatic heterocycles. The minimum absolute atomic E-state index is 0.0138. The van der Waals surface area contributed by atoms with Gasteiger partial charge < -0.3 is 5.32 Å². The Morgan fingerprint density at radius 2 is 1.89 bits per heavy atom. The highest BCUT2D eigenvalue weighted by Crippen LogP contribution is 2.32. The second kappa shape index (κ2) is 8.53. The van der Waals surface area contributed by atoms with Gasteiger partial charge in [-0.1, -0.05) is 30.7 Å². The number of carbonyl (C=O) groups is 1. The SMILES string of the molecule is Cc1ccc(C)c(NC(=O)[C@H](C)C2CCN(S(=O)(=O)c3ccc(Cl)s3)CC2)c1. The van der Waals surface area contributed by atoms with Gasteiger partial charge in [0.1, 0.15) is 4.21 Å². The van der Waals surface area contributed by atoms with Crippen LogP contribution >= 0.6 is 22.9 Å². The van der Waals surface area contributed by atoms with Crippen molar-refractivity contribution in [2.45, 2.75) is 37.8 Å². The molecule has 1 amide bonds. The largest absolute Gasteiger partial charge is 0.326 e. The van der Waals surface area contributed by atoms with E-state index in [0.29, 0.717) is 30.3 Å². The molecule has 8 heteroatoms. The lowest BCUT2D eigenvalue weighted by Crippen LogP contribution is -2.41. The van der Waals surface area contributed by atoms with Gasteiger partial charge in [0.05, 0.1) is 4.34 Å². The van der Waals surface area contributed by atoms with Crippen molar-refractivity contribution in [3.63, 3.8) is 0 Å². The summed E-state index contributed by atoms with van der Waals surface area (Å²) in [6.07, 6.45) is 1.33. The van der Waals surface area contributed by atoms with E-state index in [4.69, 9.17) is 11.6 Å². The molecule has 0 aliphatic carbocycles. The first-order chi connectivity index (χ1) is 13.2.